The highest BCUT2D eigenvalue weighted by Gasteiger charge is 2.58. The number of hydrogen-bond acceptors (Lipinski definition) is 2. The van der Waals surface area contributed by atoms with Crippen LogP contribution >= 0.6 is 0 Å². The third-order valence-electron chi connectivity index (χ3n) is 8.27. The van der Waals surface area contributed by atoms with Crippen LogP contribution in [0.25, 0.3) is 0 Å². The van der Waals surface area contributed by atoms with E-state index < -0.39 is 0 Å². The Hall–Kier alpha value is -0.600. The number of hydrogen-bond donors (Lipinski definition) is 2. The molecule has 4 aliphatic carbocycles. The zero-order valence-corrected chi connectivity index (χ0v) is 14.9. The third kappa shape index (κ3) is 2.07. The van der Waals surface area contributed by atoms with Crippen molar-refractivity contribution in [2.45, 2.75) is 77.9 Å². The van der Waals surface area contributed by atoms with Crippen molar-refractivity contribution in [1.82, 2.24) is 0 Å². The molecule has 0 amide bonds. The van der Waals surface area contributed by atoms with Crippen molar-refractivity contribution in [3.63, 3.8) is 0 Å². The number of aliphatic hydroxyl groups is 2. The zero-order valence-electron chi connectivity index (χ0n) is 14.9. The summed E-state index contributed by atoms with van der Waals surface area (Å²) in [5.74, 6) is 2.09. The average Bonchev–Trinajstić information content (AvgIpc) is 2.77. The van der Waals surface area contributed by atoms with E-state index in [1.165, 1.54) is 24.0 Å². The molecule has 0 aromatic rings. The number of fused-ring (bicyclic) bond motifs is 5. The highest BCUT2D eigenvalue weighted by atomic mass is 16.3. The number of aliphatic hydroxyl groups excluding tert-OH is 2. The molecule has 0 aromatic heterocycles. The average molecular weight is 316 g/mol. The molecule has 4 rings (SSSR count). The topological polar surface area (TPSA) is 40.5 Å². The summed E-state index contributed by atoms with van der Waals surface area (Å²) in [5.41, 5.74) is 3.35. The highest BCUT2D eigenvalue weighted by molar-refractivity contribution is 5.31. The SMILES string of the molecule is CC=C1[C@H](O)C[C@H]2[C@@H]3CC=C4C[C@@H](O)CC[C@]4(C)[C@H]3CC[C@]12C. The molecule has 0 aromatic carbocycles. The molecule has 23 heavy (non-hydrogen) atoms. The van der Waals surface area contributed by atoms with E-state index in [2.05, 4.69) is 32.9 Å². The Kier molecular flexibility index (Phi) is 3.59. The van der Waals surface area contributed by atoms with Crippen molar-refractivity contribution in [3.8, 4) is 0 Å². The van der Waals surface area contributed by atoms with Gasteiger partial charge in [-0.05, 0) is 86.0 Å². The van der Waals surface area contributed by atoms with Gasteiger partial charge in [0, 0.05) is 0 Å². The fourth-order valence-electron chi connectivity index (χ4n) is 7.03. The Morgan fingerprint density at radius 3 is 2.57 bits per heavy atom. The lowest BCUT2D eigenvalue weighted by Gasteiger charge is -2.57. The van der Waals surface area contributed by atoms with Crippen molar-refractivity contribution in [2.24, 2.45) is 28.6 Å². The van der Waals surface area contributed by atoms with Gasteiger partial charge < -0.3 is 10.2 Å². The van der Waals surface area contributed by atoms with Gasteiger partial charge in [-0.1, -0.05) is 31.6 Å². The normalized spacial score (nSPS) is 54.2. The van der Waals surface area contributed by atoms with Gasteiger partial charge in [0.1, 0.15) is 0 Å². The lowest BCUT2D eigenvalue weighted by molar-refractivity contribution is -0.0278. The molecule has 0 unspecified atom stereocenters. The van der Waals surface area contributed by atoms with E-state index in [0.717, 1.165) is 38.0 Å². The monoisotopic (exact) mass is 316 g/mol. The van der Waals surface area contributed by atoms with Gasteiger partial charge in [-0.3, -0.25) is 0 Å². The Balaban J connectivity index is 1.70. The standard InChI is InChI=1S/C21H32O2/c1-4-16-19(23)12-18-15-6-5-13-11-14(22)7-9-20(13,2)17(15)8-10-21(16,18)3/h4-5,14-15,17-19,22-23H,6-12H2,1-3H3/t14-,15+,17-,18-,19+,20-,21+/m0/s1. The fourth-order valence-corrected chi connectivity index (χ4v) is 7.03. The van der Waals surface area contributed by atoms with Crippen molar-refractivity contribution < 1.29 is 10.2 Å². The van der Waals surface area contributed by atoms with Crippen molar-refractivity contribution in [3.05, 3.63) is 23.3 Å². The van der Waals surface area contributed by atoms with Crippen LogP contribution in [0.1, 0.15) is 65.7 Å². The van der Waals surface area contributed by atoms with Gasteiger partial charge in [0.2, 0.25) is 0 Å². The van der Waals surface area contributed by atoms with Crippen LogP contribution in [0.4, 0.5) is 0 Å². The molecule has 0 heterocycles. The van der Waals surface area contributed by atoms with Crippen LogP contribution < -0.4 is 0 Å². The van der Waals surface area contributed by atoms with E-state index in [-0.39, 0.29) is 17.6 Å². The molecule has 7 atom stereocenters. The van der Waals surface area contributed by atoms with Crippen molar-refractivity contribution in [2.75, 3.05) is 0 Å². The first kappa shape index (κ1) is 15.9. The first-order chi connectivity index (χ1) is 10.9. The molecule has 2 heteroatoms. The van der Waals surface area contributed by atoms with Gasteiger partial charge in [0.25, 0.3) is 0 Å². The second-order valence-corrected chi connectivity index (χ2v) is 9.11. The maximum Gasteiger partial charge on any atom is 0.0758 e. The van der Waals surface area contributed by atoms with Gasteiger partial charge in [-0.2, -0.15) is 0 Å². The van der Waals surface area contributed by atoms with E-state index in [9.17, 15) is 10.2 Å². The van der Waals surface area contributed by atoms with Gasteiger partial charge in [-0.15, -0.1) is 0 Å². The summed E-state index contributed by atoms with van der Waals surface area (Å²) in [6, 6.07) is 0. The van der Waals surface area contributed by atoms with Gasteiger partial charge in [-0.25, -0.2) is 0 Å². The van der Waals surface area contributed by atoms with E-state index in [0.29, 0.717) is 17.3 Å². The molecule has 0 radical (unpaired) electrons. The summed E-state index contributed by atoms with van der Waals surface area (Å²) >= 11 is 0. The Morgan fingerprint density at radius 1 is 1.09 bits per heavy atom. The van der Waals surface area contributed by atoms with Crippen LogP contribution in [0.3, 0.4) is 0 Å². The molecule has 0 saturated heterocycles. The zero-order chi connectivity index (χ0) is 16.4. The first-order valence-corrected chi connectivity index (χ1v) is 9.62. The molecular formula is C21H32O2. The van der Waals surface area contributed by atoms with E-state index in [1.807, 2.05) is 0 Å². The van der Waals surface area contributed by atoms with Crippen molar-refractivity contribution >= 4 is 0 Å². The highest BCUT2D eigenvalue weighted by Crippen LogP contribution is 2.66. The molecular weight excluding hydrogens is 284 g/mol. The molecule has 0 spiro atoms. The Morgan fingerprint density at radius 2 is 1.83 bits per heavy atom. The Labute approximate surface area is 140 Å². The van der Waals surface area contributed by atoms with Crippen LogP contribution in [0.5, 0.6) is 0 Å². The first-order valence-electron chi connectivity index (χ1n) is 9.62. The van der Waals surface area contributed by atoms with Gasteiger partial charge in [0.15, 0.2) is 0 Å². The molecule has 0 bridgehead atoms. The van der Waals surface area contributed by atoms with E-state index >= 15 is 0 Å². The maximum atomic E-state index is 10.6. The summed E-state index contributed by atoms with van der Waals surface area (Å²) in [4.78, 5) is 0. The number of rotatable bonds is 0. The maximum absolute atomic E-state index is 10.6. The lowest BCUT2D eigenvalue weighted by atomic mass is 9.48. The molecule has 2 N–H and O–H groups in total. The minimum Gasteiger partial charge on any atom is -0.393 e. The smallest absolute Gasteiger partial charge is 0.0758 e. The van der Waals surface area contributed by atoms with Crippen LogP contribution in [-0.4, -0.2) is 22.4 Å². The predicted octanol–water partition coefficient (Wildman–Crippen LogP) is 4.23. The summed E-state index contributed by atoms with van der Waals surface area (Å²) < 4.78 is 0. The lowest BCUT2D eigenvalue weighted by Crippen LogP contribution is -2.49. The third-order valence-corrected chi connectivity index (χ3v) is 8.27. The number of allylic oxidation sites excluding steroid dienone is 2. The summed E-state index contributed by atoms with van der Waals surface area (Å²) in [6.07, 6.45) is 11.9. The minimum absolute atomic E-state index is 0.123. The molecule has 4 aliphatic rings. The molecule has 3 fully saturated rings. The van der Waals surface area contributed by atoms with Crippen molar-refractivity contribution in [1.29, 1.82) is 0 Å². The molecule has 3 saturated carbocycles. The van der Waals surface area contributed by atoms with E-state index in [4.69, 9.17) is 0 Å². The second-order valence-electron chi connectivity index (χ2n) is 9.11. The van der Waals surface area contributed by atoms with E-state index in [1.54, 1.807) is 0 Å². The fraction of sp³-hybridized carbons (Fsp3) is 0.810. The van der Waals surface area contributed by atoms with Crippen LogP contribution in [0, 0.1) is 28.6 Å². The largest absolute Gasteiger partial charge is 0.393 e. The van der Waals surface area contributed by atoms with Gasteiger partial charge in [0.05, 0.1) is 12.2 Å². The summed E-state index contributed by atoms with van der Waals surface area (Å²) in [7, 11) is 0. The van der Waals surface area contributed by atoms with Crippen LogP contribution in [0.15, 0.2) is 23.3 Å². The minimum atomic E-state index is -0.222. The second kappa shape index (κ2) is 5.20. The quantitative estimate of drug-likeness (QED) is 0.657. The van der Waals surface area contributed by atoms with Crippen LogP contribution in [-0.2, 0) is 0 Å². The molecule has 2 nitrogen and oxygen atoms in total. The predicted molar refractivity (Wildman–Crippen MR) is 92.9 cm³/mol. The molecule has 128 valence electrons. The summed E-state index contributed by atoms with van der Waals surface area (Å²) in [6.45, 7) is 6.97. The Bertz CT molecular complexity index is 562. The van der Waals surface area contributed by atoms with Gasteiger partial charge >= 0.3 is 0 Å². The molecule has 0 aliphatic heterocycles. The summed E-state index contributed by atoms with van der Waals surface area (Å²) in [5, 5.41) is 20.7. The van der Waals surface area contributed by atoms with Crippen LogP contribution in [0.2, 0.25) is 0 Å².